The van der Waals surface area contributed by atoms with Gasteiger partial charge in [0.25, 0.3) is 0 Å². The Balaban J connectivity index is 3.91. The molecule has 0 amide bonds. The third-order valence-electron chi connectivity index (χ3n) is 0.802. The molecule has 0 N–H and O–H groups in total. The quantitative estimate of drug-likeness (QED) is 0.331. The second kappa shape index (κ2) is 5.48. The van der Waals surface area contributed by atoms with Crippen LogP contribution in [0.2, 0.25) is 0 Å². The Hall–Kier alpha value is -0.298. The van der Waals surface area contributed by atoms with E-state index in [9.17, 15) is 4.79 Å². The minimum atomic E-state index is -0.0468. The highest BCUT2D eigenvalue weighted by atomic mass is 27.1. The Labute approximate surface area is 68.8 Å². The molecule has 2 radical (unpaired) electrons. The van der Waals surface area contributed by atoms with E-state index >= 15 is 0 Å². The maximum absolute atomic E-state index is 10.5. The molecule has 0 aliphatic carbocycles. The Kier molecular flexibility index (Phi) is 5.32. The van der Waals surface area contributed by atoms with E-state index in [0.29, 0.717) is 12.4 Å². The van der Waals surface area contributed by atoms with Gasteiger partial charge in [0.2, 0.25) is 0 Å². The van der Waals surface area contributed by atoms with Crippen LogP contribution in [-0.4, -0.2) is 36.1 Å². The molecule has 0 aromatic carbocycles. The highest BCUT2D eigenvalue weighted by Gasteiger charge is 1.94. The van der Waals surface area contributed by atoms with Crippen molar-refractivity contribution < 1.29 is 13.3 Å². The molecule has 10 heavy (non-hydrogen) atoms. The van der Waals surface area contributed by atoms with Gasteiger partial charge in [0.1, 0.15) is 6.61 Å². The first-order chi connectivity index (χ1) is 4.70. The zero-order chi connectivity index (χ0) is 7.98. The molecule has 0 rings (SSSR count). The monoisotopic (exact) mass is 156 g/mol. The van der Waals surface area contributed by atoms with E-state index in [1.54, 1.807) is 0 Å². The molecule has 0 saturated heterocycles. The van der Waals surface area contributed by atoms with E-state index in [0.717, 1.165) is 0 Å². The summed E-state index contributed by atoms with van der Waals surface area (Å²) in [6, 6.07) is 0. The zero-order valence-corrected chi connectivity index (χ0v) is 7.24. The third-order valence-corrected chi connectivity index (χ3v) is 1.10. The Bertz CT molecular complexity index is 142. The van der Waals surface area contributed by atoms with Gasteiger partial charge in [-0.15, -0.1) is 0 Å². The number of methoxy groups -OCH3 is 1. The Morgan fingerprint density at radius 1 is 1.70 bits per heavy atom. The highest BCUT2D eigenvalue weighted by molar-refractivity contribution is 5.99. The van der Waals surface area contributed by atoms with Gasteiger partial charge in [-0.05, 0) is 6.92 Å². The molecule has 4 heteroatoms. The van der Waals surface area contributed by atoms with Crippen LogP contribution in [0.25, 0.3) is 0 Å². The van der Waals surface area contributed by atoms with Crippen LogP contribution in [0.3, 0.4) is 0 Å². The van der Waals surface area contributed by atoms with Crippen LogP contribution in [-0.2, 0) is 13.3 Å². The van der Waals surface area contributed by atoms with Gasteiger partial charge in [-0.3, -0.25) is 4.79 Å². The van der Waals surface area contributed by atoms with Crippen molar-refractivity contribution in [3.05, 3.63) is 11.8 Å². The van der Waals surface area contributed by atoms with Crippen LogP contribution in [0.5, 0.6) is 0 Å². The topological polar surface area (TPSA) is 35.5 Å². The highest BCUT2D eigenvalue weighted by Crippen LogP contribution is 1.94. The largest absolute Gasteiger partial charge is 0.655 e. The third kappa shape index (κ3) is 4.57. The van der Waals surface area contributed by atoms with E-state index in [4.69, 9.17) is 8.53 Å². The summed E-state index contributed by atoms with van der Waals surface area (Å²) in [5.41, 5.74) is 0. The first-order valence-corrected chi connectivity index (χ1v) is 3.24. The summed E-state index contributed by atoms with van der Waals surface area (Å²) in [6.07, 6.45) is 1.39. The van der Waals surface area contributed by atoms with Crippen molar-refractivity contribution in [2.75, 3.05) is 13.7 Å². The Morgan fingerprint density at radius 3 is 2.60 bits per heavy atom. The molecule has 0 unspecified atom stereocenters. The number of ketones is 1. The van der Waals surface area contributed by atoms with Crippen LogP contribution in [0.15, 0.2) is 11.8 Å². The molecule has 0 bridgehead atoms. The number of rotatable bonds is 4. The molecular weight excluding hydrogens is 147 g/mol. The predicted molar refractivity (Wildman–Crippen MR) is 37.5 cm³/mol. The smallest absolute Gasteiger partial charge is 0.481 e. The molecule has 0 aromatic rings. The van der Waals surface area contributed by atoms with E-state index in [2.05, 4.69) is 16.6 Å². The van der Waals surface area contributed by atoms with Gasteiger partial charge >= 0.3 is 16.6 Å². The van der Waals surface area contributed by atoms with Crippen LogP contribution in [0.4, 0.5) is 0 Å². The normalized spacial score (nSPS) is 11.2. The summed E-state index contributed by atoms with van der Waals surface area (Å²) in [5.74, 6) is 0.467. The van der Waals surface area contributed by atoms with Gasteiger partial charge in [-0.2, -0.15) is 0 Å². The number of ether oxygens (including phenoxy) is 1. The number of hydrogen-bond acceptors (Lipinski definition) is 3. The Morgan fingerprint density at radius 2 is 2.30 bits per heavy atom. The summed E-state index contributed by atoms with van der Waals surface area (Å²) in [5, 5.41) is 0. The van der Waals surface area contributed by atoms with Crippen LogP contribution in [0, 0.1) is 0 Å². The fourth-order valence-electron chi connectivity index (χ4n) is 0.479. The van der Waals surface area contributed by atoms with E-state index < -0.39 is 0 Å². The van der Waals surface area contributed by atoms with Crippen molar-refractivity contribution >= 4 is 22.4 Å². The fourth-order valence-corrected chi connectivity index (χ4v) is 0.615. The molecule has 54 valence electrons. The van der Waals surface area contributed by atoms with Crippen molar-refractivity contribution in [3.8, 4) is 0 Å². The van der Waals surface area contributed by atoms with Crippen molar-refractivity contribution in [1.82, 2.24) is 0 Å². The number of hydrogen-bond donors (Lipinski definition) is 0. The zero-order valence-electron chi connectivity index (χ0n) is 6.09. The van der Waals surface area contributed by atoms with Crippen LogP contribution in [0.1, 0.15) is 6.92 Å². The lowest BCUT2D eigenvalue weighted by atomic mass is 10.4. The van der Waals surface area contributed by atoms with E-state index in [1.807, 2.05) is 0 Å². The molecule has 0 saturated carbocycles. The van der Waals surface area contributed by atoms with Crippen molar-refractivity contribution in [2.24, 2.45) is 0 Å². The lowest BCUT2D eigenvalue weighted by Crippen LogP contribution is -1.99. The lowest BCUT2D eigenvalue weighted by molar-refractivity contribution is -0.112. The van der Waals surface area contributed by atoms with Gasteiger partial charge in [0, 0.05) is 13.2 Å². The van der Waals surface area contributed by atoms with Crippen LogP contribution >= 0.6 is 0 Å². The minimum Gasteiger partial charge on any atom is -0.655 e. The number of carbonyl (C=O) groups is 1. The molecule has 3 nitrogen and oxygen atoms in total. The molecule has 0 heterocycles. The molecule has 0 aliphatic rings. The summed E-state index contributed by atoms with van der Waals surface area (Å²) in [6.45, 7) is 1.78. The summed E-state index contributed by atoms with van der Waals surface area (Å²) < 4.78 is 9.47. The second-order valence-electron chi connectivity index (χ2n) is 1.77. The maximum Gasteiger partial charge on any atom is 0.481 e. The maximum atomic E-state index is 10.5. The van der Waals surface area contributed by atoms with Gasteiger partial charge in [0.05, 0.1) is 5.76 Å². The molecule has 0 spiro atoms. The SMILES string of the molecule is COC/C(=C/C(C)=O)[O][Al]. The van der Waals surface area contributed by atoms with Crippen molar-refractivity contribution in [3.63, 3.8) is 0 Å². The van der Waals surface area contributed by atoms with Gasteiger partial charge in [0.15, 0.2) is 5.78 Å². The first kappa shape index (κ1) is 9.70. The van der Waals surface area contributed by atoms with E-state index in [1.165, 1.54) is 20.1 Å². The fraction of sp³-hybridized carbons (Fsp3) is 0.500. The standard InChI is InChI=1S/C6H10O3.Al/c1-5(7)3-6(8)4-9-2;/h3,8H,4H2,1-2H3;/q;+1/p-1/b6-3-;. The molecule has 0 aromatic heterocycles. The van der Waals surface area contributed by atoms with Gasteiger partial charge in [-0.25, -0.2) is 0 Å². The first-order valence-electron chi connectivity index (χ1n) is 2.77. The van der Waals surface area contributed by atoms with Gasteiger partial charge < -0.3 is 8.53 Å². The lowest BCUT2D eigenvalue weighted by Gasteiger charge is -2.05. The average molecular weight is 156 g/mol. The predicted octanol–water partition coefficient (Wildman–Crippen LogP) is 0.206. The van der Waals surface area contributed by atoms with Crippen LogP contribution < -0.4 is 0 Å². The molecular formula is C6H9AlO3. The summed E-state index contributed by atoms with van der Waals surface area (Å²) >= 11 is 2.06. The minimum absolute atomic E-state index is 0.0468. The van der Waals surface area contributed by atoms with Crippen molar-refractivity contribution in [1.29, 1.82) is 0 Å². The number of allylic oxidation sites excluding steroid dienone is 1. The molecule has 0 fully saturated rings. The molecule has 0 atom stereocenters. The van der Waals surface area contributed by atoms with Crippen molar-refractivity contribution in [2.45, 2.75) is 6.92 Å². The number of carbonyl (C=O) groups excluding carboxylic acids is 1. The summed E-state index contributed by atoms with van der Waals surface area (Å²) in [4.78, 5) is 10.5. The second-order valence-corrected chi connectivity index (χ2v) is 2.01. The molecule has 0 aliphatic heterocycles. The van der Waals surface area contributed by atoms with Gasteiger partial charge in [-0.1, -0.05) is 0 Å². The average Bonchev–Trinajstić information content (AvgIpc) is 1.86. The summed E-state index contributed by atoms with van der Waals surface area (Å²) in [7, 11) is 1.54. The van der Waals surface area contributed by atoms with E-state index in [-0.39, 0.29) is 5.78 Å².